The Labute approximate surface area is 136 Å². The second kappa shape index (κ2) is 9.80. The van der Waals surface area contributed by atoms with Crippen molar-refractivity contribution in [1.29, 1.82) is 0 Å². The van der Waals surface area contributed by atoms with Gasteiger partial charge in [-0.25, -0.2) is 0 Å². The van der Waals surface area contributed by atoms with Crippen molar-refractivity contribution in [3.63, 3.8) is 0 Å². The van der Waals surface area contributed by atoms with Crippen molar-refractivity contribution in [2.75, 3.05) is 81.6 Å². The molecule has 22 heavy (non-hydrogen) atoms. The van der Waals surface area contributed by atoms with Crippen LogP contribution in [0.4, 0.5) is 0 Å². The number of likely N-dealkylation sites (N-methyl/N-ethyl adjacent to an activating group) is 2. The number of hydrogen-bond donors (Lipinski definition) is 3. The molecule has 0 heterocycles. The third-order valence-corrected chi connectivity index (χ3v) is 3.34. The van der Waals surface area contributed by atoms with Crippen molar-refractivity contribution in [3.05, 3.63) is 0 Å². The molecule has 6 nitrogen and oxygen atoms in total. The highest BCUT2D eigenvalue weighted by Gasteiger charge is 2.22. The number of unbranched alkanes of at least 4 members (excludes halogenated alkanes) is 1. The van der Waals surface area contributed by atoms with Gasteiger partial charge < -0.3 is 24.3 Å². The molecule has 0 saturated heterocycles. The predicted octanol–water partition coefficient (Wildman–Crippen LogP) is -0.805. The minimum atomic E-state index is -0.412. The molecule has 0 spiro atoms. The lowest BCUT2D eigenvalue weighted by molar-refractivity contribution is -0.873. The molecule has 0 aromatic heterocycles. The fraction of sp³-hybridized carbons (Fsp3) is 1.00. The van der Waals surface area contributed by atoms with Crippen LogP contribution < -0.4 is 0 Å². The van der Waals surface area contributed by atoms with E-state index in [2.05, 4.69) is 47.2 Å². The predicted molar refractivity (Wildman–Crippen MR) is 90.6 cm³/mol. The summed E-state index contributed by atoms with van der Waals surface area (Å²) >= 11 is 0. The first-order valence-corrected chi connectivity index (χ1v) is 8.23. The van der Waals surface area contributed by atoms with Crippen molar-refractivity contribution >= 4 is 0 Å². The molecule has 0 amide bonds. The van der Waals surface area contributed by atoms with Gasteiger partial charge in [0, 0.05) is 19.7 Å². The highest BCUT2D eigenvalue weighted by Crippen LogP contribution is 2.04. The van der Waals surface area contributed by atoms with Crippen molar-refractivity contribution in [1.82, 2.24) is 4.90 Å². The van der Waals surface area contributed by atoms with Gasteiger partial charge >= 0.3 is 0 Å². The topological polar surface area (TPSA) is 63.9 Å². The van der Waals surface area contributed by atoms with E-state index < -0.39 is 12.2 Å². The van der Waals surface area contributed by atoms with E-state index in [0.29, 0.717) is 35.1 Å². The molecule has 0 radical (unpaired) electrons. The van der Waals surface area contributed by atoms with Gasteiger partial charge in [-0.15, -0.1) is 0 Å². The number of rotatable bonds is 12. The molecule has 2 atom stereocenters. The van der Waals surface area contributed by atoms with Gasteiger partial charge in [0.2, 0.25) is 0 Å². The maximum absolute atomic E-state index is 10.3. The number of hydrogen-bond acceptors (Lipinski definition) is 4. The van der Waals surface area contributed by atoms with E-state index in [9.17, 15) is 10.2 Å². The van der Waals surface area contributed by atoms with E-state index in [0.717, 1.165) is 19.4 Å². The SMILES string of the molecule is C[N+](C)(C)CC(O)CN(CCCCO)CC(O)C[N+](C)(C)C. The first kappa shape index (κ1) is 21.8. The van der Waals surface area contributed by atoms with Gasteiger partial charge in [0.25, 0.3) is 0 Å². The normalized spacial score (nSPS) is 16.1. The summed E-state index contributed by atoms with van der Waals surface area (Å²) in [6.45, 7) is 3.48. The third-order valence-electron chi connectivity index (χ3n) is 3.34. The Kier molecular flexibility index (Phi) is 9.69. The van der Waals surface area contributed by atoms with Crippen LogP contribution in [0.25, 0.3) is 0 Å². The highest BCUT2D eigenvalue weighted by molar-refractivity contribution is 4.69. The van der Waals surface area contributed by atoms with Crippen molar-refractivity contribution < 1.29 is 24.3 Å². The molecule has 0 saturated carbocycles. The fourth-order valence-electron chi connectivity index (χ4n) is 2.68. The Bertz CT molecular complexity index is 263. The van der Waals surface area contributed by atoms with Crippen LogP contribution >= 0.6 is 0 Å². The number of quaternary nitrogens is 2. The number of aliphatic hydroxyl groups is 3. The van der Waals surface area contributed by atoms with Gasteiger partial charge in [0.15, 0.2) is 0 Å². The Balaban J connectivity index is 4.47. The lowest BCUT2D eigenvalue weighted by atomic mass is 10.2. The molecule has 0 aromatic carbocycles. The Hall–Kier alpha value is -0.240. The molecular weight excluding hydrogens is 282 g/mol. The van der Waals surface area contributed by atoms with Crippen LogP contribution in [-0.2, 0) is 0 Å². The zero-order valence-electron chi connectivity index (χ0n) is 15.5. The second-order valence-corrected chi connectivity index (χ2v) is 8.44. The van der Waals surface area contributed by atoms with Crippen LogP contribution in [0.15, 0.2) is 0 Å². The molecule has 0 aromatic rings. The summed E-state index contributed by atoms with van der Waals surface area (Å²) in [4.78, 5) is 2.12. The van der Waals surface area contributed by atoms with Crippen LogP contribution in [0.5, 0.6) is 0 Å². The van der Waals surface area contributed by atoms with Gasteiger partial charge in [0.05, 0.1) is 42.3 Å². The maximum atomic E-state index is 10.3. The van der Waals surface area contributed by atoms with E-state index in [-0.39, 0.29) is 6.61 Å². The molecule has 0 fully saturated rings. The van der Waals surface area contributed by atoms with Crippen LogP contribution in [0.1, 0.15) is 12.8 Å². The molecule has 0 aliphatic carbocycles. The molecular formula is C16H39N3O3+2. The third kappa shape index (κ3) is 13.4. The first-order valence-electron chi connectivity index (χ1n) is 8.23. The average molecular weight is 322 g/mol. The second-order valence-electron chi connectivity index (χ2n) is 8.44. The van der Waals surface area contributed by atoms with E-state index >= 15 is 0 Å². The lowest BCUT2D eigenvalue weighted by Gasteiger charge is -2.33. The first-order chi connectivity index (χ1) is 9.93. The molecule has 0 aliphatic heterocycles. The Morgan fingerprint density at radius 1 is 0.773 bits per heavy atom. The van der Waals surface area contributed by atoms with E-state index in [1.807, 2.05) is 0 Å². The van der Waals surface area contributed by atoms with E-state index in [1.165, 1.54) is 0 Å². The van der Waals surface area contributed by atoms with Gasteiger partial charge in [-0.05, 0) is 19.4 Å². The standard InChI is InChI=1S/C16H39N3O3/c1-18(2,3)13-15(21)11-17(9-7-8-10-20)12-16(22)14-19(4,5)6/h15-16,20-22H,7-14H2,1-6H3/q+2. The molecule has 0 rings (SSSR count). The summed E-state index contributed by atoms with van der Waals surface area (Å²) in [6, 6.07) is 0. The van der Waals surface area contributed by atoms with Crippen LogP contribution in [0.2, 0.25) is 0 Å². The molecule has 6 heteroatoms. The van der Waals surface area contributed by atoms with Crippen molar-refractivity contribution in [2.45, 2.75) is 25.0 Å². The number of nitrogens with zero attached hydrogens (tertiary/aromatic N) is 3. The zero-order valence-corrected chi connectivity index (χ0v) is 15.5. The van der Waals surface area contributed by atoms with Crippen LogP contribution in [0.3, 0.4) is 0 Å². The van der Waals surface area contributed by atoms with Gasteiger partial charge in [-0.1, -0.05) is 0 Å². The van der Waals surface area contributed by atoms with Gasteiger partial charge in [-0.3, -0.25) is 4.90 Å². The molecule has 2 unspecified atom stereocenters. The lowest BCUT2D eigenvalue weighted by Crippen LogP contribution is -2.49. The van der Waals surface area contributed by atoms with Crippen LogP contribution in [0, 0.1) is 0 Å². The monoisotopic (exact) mass is 321 g/mol. The Morgan fingerprint density at radius 3 is 1.50 bits per heavy atom. The van der Waals surface area contributed by atoms with Crippen LogP contribution in [-0.4, -0.2) is 123 Å². The zero-order chi connectivity index (χ0) is 17.4. The fourth-order valence-corrected chi connectivity index (χ4v) is 2.68. The quantitative estimate of drug-likeness (QED) is 0.325. The molecule has 134 valence electrons. The number of aliphatic hydroxyl groups excluding tert-OH is 3. The van der Waals surface area contributed by atoms with Crippen molar-refractivity contribution in [3.8, 4) is 0 Å². The Morgan fingerprint density at radius 2 is 1.18 bits per heavy atom. The molecule has 0 bridgehead atoms. The summed E-state index contributed by atoms with van der Waals surface area (Å²) < 4.78 is 1.43. The minimum Gasteiger partial charge on any atom is -0.396 e. The van der Waals surface area contributed by atoms with E-state index in [1.54, 1.807) is 0 Å². The summed E-state index contributed by atoms with van der Waals surface area (Å²) in [6.07, 6.45) is 0.814. The van der Waals surface area contributed by atoms with Crippen molar-refractivity contribution in [2.24, 2.45) is 0 Å². The van der Waals surface area contributed by atoms with Gasteiger partial charge in [-0.2, -0.15) is 0 Å². The average Bonchev–Trinajstić information content (AvgIpc) is 2.23. The minimum absolute atomic E-state index is 0.191. The largest absolute Gasteiger partial charge is 0.396 e. The summed E-state index contributed by atoms with van der Waals surface area (Å²) in [5, 5.41) is 29.5. The molecule has 0 aliphatic rings. The molecule has 3 N–H and O–H groups in total. The summed E-state index contributed by atoms with van der Waals surface area (Å²) in [5.74, 6) is 0. The highest BCUT2D eigenvalue weighted by atomic mass is 16.3. The summed E-state index contributed by atoms with van der Waals surface area (Å²) in [5.41, 5.74) is 0. The van der Waals surface area contributed by atoms with E-state index in [4.69, 9.17) is 5.11 Å². The smallest absolute Gasteiger partial charge is 0.115 e. The maximum Gasteiger partial charge on any atom is 0.115 e. The summed E-state index contributed by atoms with van der Waals surface area (Å²) in [7, 11) is 12.4. The van der Waals surface area contributed by atoms with Gasteiger partial charge in [0.1, 0.15) is 25.3 Å².